The predicted molar refractivity (Wildman–Crippen MR) is 75.4 cm³/mol. The van der Waals surface area contributed by atoms with Crippen LogP contribution in [0, 0.1) is 6.92 Å². The van der Waals surface area contributed by atoms with Crippen LogP contribution in [0.25, 0.3) is 0 Å². The van der Waals surface area contributed by atoms with Crippen molar-refractivity contribution in [1.82, 2.24) is 9.62 Å². The van der Waals surface area contributed by atoms with Gasteiger partial charge in [-0.1, -0.05) is 12.1 Å². The second-order valence-electron chi connectivity index (χ2n) is 5.03. The largest absolute Gasteiger partial charge is 0.344 e. The van der Waals surface area contributed by atoms with Gasteiger partial charge in [-0.15, -0.1) is 0 Å². The third kappa shape index (κ3) is 2.84. The van der Waals surface area contributed by atoms with Crippen molar-refractivity contribution in [3.8, 4) is 0 Å². The van der Waals surface area contributed by atoms with Crippen LogP contribution in [0.15, 0.2) is 23.1 Å². The molecule has 0 bridgehead atoms. The van der Waals surface area contributed by atoms with Crippen LogP contribution in [0.5, 0.6) is 0 Å². The van der Waals surface area contributed by atoms with Gasteiger partial charge < -0.3 is 10.6 Å². The minimum absolute atomic E-state index is 0.183. The van der Waals surface area contributed by atoms with Gasteiger partial charge in [0.25, 0.3) is 0 Å². The summed E-state index contributed by atoms with van der Waals surface area (Å²) in [6.07, 6.45) is 0.490. The molecule has 1 aromatic carbocycles. The van der Waals surface area contributed by atoms with Crippen molar-refractivity contribution in [3.63, 3.8) is 0 Å². The van der Waals surface area contributed by atoms with Crippen LogP contribution in [-0.4, -0.2) is 38.9 Å². The fourth-order valence-electron chi connectivity index (χ4n) is 2.24. The zero-order valence-corrected chi connectivity index (χ0v) is 12.4. The molecule has 1 fully saturated rings. The van der Waals surface area contributed by atoms with Gasteiger partial charge >= 0.3 is 0 Å². The number of carbonyl (C=O) groups excluding carboxylic acids is 1. The lowest BCUT2D eigenvalue weighted by atomic mass is 10.1. The lowest BCUT2D eigenvalue weighted by Gasteiger charge is -2.14. The van der Waals surface area contributed by atoms with E-state index in [0.29, 0.717) is 18.5 Å². The zero-order valence-electron chi connectivity index (χ0n) is 11.6. The standard InChI is InChI=1S/C13H19N3O3S/c1-9-3-4-10(8-14)7-12(9)20(18,19)15-11-5-6-16(2)13(11)17/h3-4,7,11,15H,5-6,8,14H2,1-2H3. The first-order valence-electron chi connectivity index (χ1n) is 6.42. The highest BCUT2D eigenvalue weighted by molar-refractivity contribution is 7.89. The minimum atomic E-state index is -3.72. The molecule has 7 heteroatoms. The van der Waals surface area contributed by atoms with Crippen molar-refractivity contribution in [2.45, 2.75) is 30.8 Å². The molecule has 0 spiro atoms. The molecule has 1 aliphatic rings. The number of carbonyl (C=O) groups is 1. The normalized spacial score (nSPS) is 19.6. The number of nitrogens with zero attached hydrogens (tertiary/aromatic N) is 1. The van der Waals surface area contributed by atoms with E-state index in [1.807, 2.05) is 0 Å². The summed E-state index contributed by atoms with van der Waals surface area (Å²) in [6, 6.07) is 4.40. The Bertz CT molecular complexity index is 628. The molecule has 20 heavy (non-hydrogen) atoms. The Balaban J connectivity index is 2.29. The van der Waals surface area contributed by atoms with E-state index in [0.717, 1.165) is 5.56 Å². The predicted octanol–water partition coefficient (Wildman–Crippen LogP) is -0.0373. The molecule has 1 heterocycles. The SMILES string of the molecule is Cc1ccc(CN)cc1S(=O)(=O)NC1CCN(C)C1=O. The Morgan fingerprint density at radius 3 is 2.70 bits per heavy atom. The lowest BCUT2D eigenvalue weighted by Crippen LogP contribution is -2.40. The Morgan fingerprint density at radius 1 is 1.45 bits per heavy atom. The molecule has 6 nitrogen and oxygen atoms in total. The van der Waals surface area contributed by atoms with Gasteiger partial charge in [0, 0.05) is 20.1 Å². The highest BCUT2D eigenvalue weighted by Gasteiger charge is 2.33. The lowest BCUT2D eigenvalue weighted by molar-refractivity contribution is -0.127. The molecule has 1 unspecified atom stereocenters. The van der Waals surface area contributed by atoms with Crippen LogP contribution in [-0.2, 0) is 21.4 Å². The number of hydrogen-bond donors (Lipinski definition) is 2. The van der Waals surface area contributed by atoms with Gasteiger partial charge in [-0.25, -0.2) is 8.42 Å². The van der Waals surface area contributed by atoms with E-state index < -0.39 is 16.1 Å². The molecule has 1 aromatic rings. The number of rotatable bonds is 4. The molecule has 1 atom stereocenters. The summed E-state index contributed by atoms with van der Waals surface area (Å²) in [6.45, 7) is 2.55. The van der Waals surface area contributed by atoms with E-state index in [9.17, 15) is 13.2 Å². The van der Waals surface area contributed by atoms with Crippen molar-refractivity contribution >= 4 is 15.9 Å². The van der Waals surface area contributed by atoms with Crippen LogP contribution in [0.3, 0.4) is 0 Å². The van der Waals surface area contributed by atoms with E-state index in [2.05, 4.69) is 4.72 Å². The second-order valence-corrected chi connectivity index (χ2v) is 6.71. The summed E-state index contributed by atoms with van der Waals surface area (Å²) in [7, 11) is -2.05. The monoisotopic (exact) mass is 297 g/mol. The topological polar surface area (TPSA) is 92.5 Å². The van der Waals surface area contributed by atoms with Gasteiger partial charge in [-0.2, -0.15) is 4.72 Å². The third-order valence-corrected chi connectivity index (χ3v) is 5.12. The fourth-order valence-corrected chi connectivity index (χ4v) is 3.76. The van der Waals surface area contributed by atoms with Crippen LogP contribution in [0.2, 0.25) is 0 Å². The maximum absolute atomic E-state index is 12.4. The molecule has 0 aromatic heterocycles. The van der Waals surface area contributed by atoms with Crippen LogP contribution >= 0.6 is 0 Å². The number of sulfonamides is 1. The zero-order chi connectivity index (χ0) is 14.9. The van der Waals surface area contributed by atoms with Gasteiger partial charge in [0.2, 0.25) is 15.9 Å². The number of aryl methyl sites for hydroxylation is 1. The van der Waals surface area contributed by atoms with Gasteiger partial charge in [-0.3, -0.25) is 4.79 Å². The molecule has 0 aliphatic carbocycles. The van der Waals surface area contributed by atoms with Crippen molar-refractivity contribution in [2.24, 2.45) is 5.73 Å². The summed E-state index contributed by atoms with van der Waals surface area (Å²) in [4.78, 5) is 13.5. The van der Waals surface area contributed by atoms with E-state index in [1.165, 1.54) is 4.90 Å². The first-order chi connectivity index (χ1) is 9.35. The Morgan fingerprint density at radius 2 is 2.15 bits per heavy atom. The smallest absolute Gasteiger partial charge is 0.241 e. The molecule has 1 aliphatic heterocycles. The highest BCUT2D eigenvalue weighted by atomic mass is 32.2. The quantitative estimate of drug-likeness (QED) is 0.816. The molecule has 3 N–H and O–H groups in total. The van der Waals surface area contributed by atoms with E-state index in [-0.39, 0.29) is 17.3 Å². The first-order valence-corrected chi connectivity index (χ1v) is 7.90. The van der Waals surface area contributed by atoms with Gasteiger partial charge in [0.15, 0.2) is 0 Å². The van der Waals surface area contributed by atoms with Crippen molar-refractivity contribution in [1.29, 1.82) is 0 Å². The number of hydrogen-bond acceptors (Lipinski definition) is 4. The van der Waals surface area contributed by atoms with Crippen LogP contribution < -0.4 is 10.5 Å². The minimum Gasteiger partial charge on any atom is -0.344 e. The maximum Gasteiger partial charge on any atom is 0.241 e. The maximum atomic E-state index is 12.4. The summed E-state index contributed by atoms with van der Waals surface area (Å²) < 4.78 is 27.3. The van der Waals surface area contributed by atoms with Gasteiger partial charge in [-0.05, 0) is 30.5 Å². The Hall–Kier alpha value is -1.44. The van der Waals surface area contributed by atoms with Crippen molar-refractivity contribution in [3.05, 3.63) is 29.3 Å². The number of likely N-dealkylation sites (N-methyl/N-ethyl adjacent to an activating group) is 1. The van der Waals surface area contributed by atoms with E-state index in [1.54, 1.807) is 32.2 Å². The molecule has 0 saturated carbocycles. The van der Waals surface area contributed by atoms with Crippen LogP contribution in [0.1, 0.15) is 17.5 Å². The molecule has 1 amide bonds. The molecule has 110 valence electrons. The average molecular weight is 297 g/mol. The second kappa shape index (κ2) is 5.51. The number of amides is 1. The molecule has 0 radical (unpaired) electrons. The van der Waals surface area contributed by atoms with Crippen molar-refractivity contribution < 1.29 is 13.2 Å². The number of nitrogens with one attached hydrogen (secondary N) is 1. The van der Waals surface area contributed by atoms with Crippen molar-refractivity contribution in [2.75, 3.05) is 13.6 Å². The Kier molecular flexibility index (Phi) is 4.12. The van der Waals surface area contributed by atoms with E-state index >= 15 is 0 Å². The molecule has 2 rings (SSSR count). The number of nitrogens with two attached hydrogens (primary N) is 1. The fraction of sp³-hybridized carbons (Fsp3) is 0.462. The first kappa shape index (κ1) is 15.0. The third-order valence-electron chi connectivity index (χ3n) is 3.50. The van der Waals surface area contributed by atoms with Crippen LogP contribution in [0.4, 0.5) is 0 Å². The van der Waals surface area contributed by atoms with Gasteiger partial charge in [0.05, 0.1) is 4.90 Å². The average Bonchev–Trinajstić information content (AvgIpc) is 2.70. The summed E-state index contributed by atoms with van der Waals surface area (Å²) in [5.74, 6) is -0.193. The molecular formula is C13H19N3O3S. The van der Waals surface area contributed by atoms with Gasteiger partial charge in [0.1, 0.15) is 6.04 Å². The molecule has 1 saturated heterocycles. The molecular weight excluding hydrogens is 278 g/mol. The Labute approximate surface area is 119 Å². The summed E-state index contributed by atoms with van der Waals surface area (Å²) in [5.41, 5.74) is 6.91. The number of benzene rings is 1. The highest BCUT2D eigenvalue weighted by Crippen LogP contribution is 2.19. The summed E-state index contributed by atoms with van der Waals surface area (Å²) in [5, 5.41) is 0. The number of likely N-dealkylation sites (tertiary alicyclic amines) is 1. The van der Waals surface area contributed by atoms with E-state index in [4.69, 9.17) is 5.73 Å². The summed E-state index contributed by atoms with van der Waals surface area (Å²) >= 11 is 0.